The lowest BCUT2D eigenvalue weighted by molar-refractivity contribution is -0.154. The third kappa shape index (κ3) is 27.1. The van der Waals surface area contributed by atoms with Gasteiger partial charge in [-0.2, -0.15) is 0 Å². The summed E-state index contributed by atoms with van der Waals surface area (Å²) in [6.07, 6.45) is 8.76. The van der Waals surface area contributed by atoms with E-state index in [0.717, 1.165) is 61.4 Å². The normalized spacial score (nSPS) is 16.9. The summed E-state index contributed by atoms with van der Waals surface area (Å²) in [6.45, 7) is 45.4. The third-order valence-corrected chi connectivity index (χ3v) is 25.3. The van der Waals surface area contributed by atoms with Crippen molar-refractivity contribution in [2.24, 2.45) is 17.8 Å². The lowest BCUT2D eigenvalue weighted by Gasteiger charge is -2.29. The van der Waals surface area contributed by atoms with Gasteiger partial charge < -0.3 is 19.3 Å². The van der Waals surface area contributed by atoms with Crippen LogP contribution in [0.5, 0.6) is 0 Å². The van der Waals surface area contributed by atoms with Gasteiger partial charge in [-0.15, -0.1) is 0 Å². The van der Waals surface area contributed by atoms with Gasteiger partial charge in [-0.3, -0.25) is 19.2 Å². The van der Waals surface area contributed by atoms with Crippen LogP contribution in [-0.2, 0) is 58.0 Å². The minimum absolute atomic E-state index is 0. The van der Waals surface area contributed by atoms with Gasteiger partial charge in [0.05, 0.1) is 30.5 Å². The van der Waals surface area contributed by atoms with Crippen molar-refractivity contribution in [1.29, 1.82) is 0 Å². The molecule has 8 aromatic carbocycles. The van der Waals surface area contributed by atoms with E-state index in [4.69, 9.17) is 14.2 Å². The van der Waals surface area contributed by atoms with Crippen LogP contribution in [0.25, 0.3) is 0 Å². The van der Waals surface area contributed by atoms with Gasteiger partial charge in [0.2, 0.25) is 11.8 Å². The maximum Gasteiger partial charge on any atom is 0.416 e. The molecule has 0 spiro atoms. The maximum atomic E-state index is 13.7. The fourth-order valence-electron chi connectivity index (χ4n) is 15.4. The maximum absolute atomic E-state index is 13.7. The third-order valence-electron chi connectivity index (χ3n) is 24.6. The van der Waals surface area contributed by atoms with Crippen LogP contribution in [-0.4, -0.2) is 82.8 Å². The van der Waals surface area contributed by atoms with Crippen LogP contribution in [0.3, 0.4) is 0 Å². The van der Waals surface area contributed by atoms with E-state index in [2.05, 4.69) is 293 Å². The number of carboxylic acids is 1. The van der Waals surface area contributed by atoms with Gasteiger partial charge in [0, 0.05) is 23.6 Å². The lowest BCUT2D eigenvalue weighted by Crippen LogP contribution is -2.43. The second-order valence-electron chi connectivity index (χ2n) is 32.9. The smallest absolute Gasteiger partial charge is 0.416 e. The highest BCUT2D eigenvalue weighted by Crippen LogP contribution is 2.37. The second kappa shape index (κ2) is 45.5. The first-order valence-electron chi connectivity index (χ1n) is 41.7. The SMILES string of the molecule is C.CC[C@@H](CCC(=O)N1C(=O)OC[C@@H]1CC)c1ccc(C)c(C)c1.CC[C@@H](C[C@H](Cc1ccc(C)c(C)c1)C(=O)N1C(=O)OC[C@@H]1CC)c1ccc(C)c(C)c1.CC[C@@H](C[C@H](Cc1ccc(C)c(C)c1)C(=O)O)c1ccc(C)c(C)c1.Cc1ccc(CBr)cc1C.Cc1ccc(C[C@H]2C[C@@H](c3ccc(C)c(C)c3)COC2=O)cc1C. The van der Waals surface area contributed by atoms with Crippen LogP contribution >= 0.6 is 15.9 Å². The van der Waals surface area contributed by atoms with Gasteiger partial charge in [-0.1, -0.05) is 204 Å². The molecule has 11 rings (SSSR count). The number of carbonyl (C=O) groups excluding carboxylic acids is 5. The minimum atomic E-state index is -0.694. The largest absolute Gasteiger partial charge is 0.481 e. The zero-order valence-electron chi connectivity index (χ0n) is 72.5. The highest BCUT2D eigenvalue weighted by Gasteiger charge is 2.41. The molecule has 3 aliphatic rings. The summed E-state index contributed by atoms with van der Waals surface area (Å²) in [7, 11) is 0. The molecule has 0 saturated carbocycles. The number of carbonyl (C=O) groups is 6. The summed E-state index contributed by atoms with van der Waals surface area (Å²) in [4.78, 5) is 77.1. The fourth-order valence-corrected chi connectivity index (χ4v) is 15.8. The molecule has 8 aromatic rings. The Kier molecular flexibility index (Phi) is 37.6. The number of hydrogen-bond acceptors (Lipinski definition) is 9. The molecule has 0 aromatic heterocycles. The quantitative estimate of drug-likeness (QED) is 0.0332. The number of esters is 1. The summed E-state index contributed by atoms with van der Waals surface area (Å²) in [5, 5.41) is 10.7. The van der Waals surface area contributed by atoms with Crippen molar-refractivity contribution in [3.8, 4) is 0 Å². The van der Waals surface area contributed by atoms with Crippen molar-refractivity contribution in [3.05, 3.63) is 279 Å². The highest BCUT2D eigenvalue weighted by molar-refractivity contribution is 9.08. The average molecular weight is 1630 g/mol. The van der Waals surface area contributed by atoms with E-state index in [9.17, 15) is 33.9 Å². The van der Waals surface area contributed by atoms with Gasteiger partial charge >= 0.3 is 24.1 Å². The number of cyclic esters (lactones) is 3. The Morgan fingerprint density at radius 3 is 1.18 bits per heavy atom. The van der Waals surface area contributed by atoms with Gasteiger partial charge in [0.25, 0.3) is 0 Å². The van der Waals surface area contributed by atoms with Crippen LogP contribution in [0.15, 0.2) is 146 Å². The average Bonchev–Trinajstić information content (AvgIpc) is 1.79. The molecule has 12 nitrogen and oxygen atoms in total. The Morgan fingerprint density at radius 2 is 0.774 bits per heavy atom. The number of amides is 4. The molecule has 1 N–H and O–H groups in total. The number of imide groups is 2. The van der Waals surface area contributed by atoms with Crippen molar-refractivity contribution < 1.29 is 48.1 Å². The summed E-state index contributed by atoms with van der Waals surface area (Å²) in [5.41, 5.74) is 30.4. The Balaban J connectivity index is 0.000000230. The number of ether oxygens (including phenoxy) is 3. The zero-order chi connectivity index (χ0) is 83.8. The molecule has 0 aliphatic carbocycles. The molecule has 0 unspecified atom stereocenters. The number of aliphatic carboxylic acids is 1. The molecule has 13 heteroatoms. The Labute approximate surface area is 699 Å². The predicted octanol–water partition coefficient (Wildman–Crippen LogP) is 25.1. The summed E-state index contributed by atoms with van der Waals surface area (Å²) in [5.74, 6) is -0.434. The molecular weight excluding hydrogens is 1490 g/mol. The van der Waals surface area contributed by atoms with Gasteiger partial charge in [-0.05, 0) is 339 Å². The lowest BCUT2D eigenvalue weighted by atomic mass is 9.82. The van der Waals surface area contributed by atoms with Crippen LogP contribution in [0.1, 0.15) is 263 Å². The Bertz CT molecular complexity index is 4590. The first kappa shape index (κ1) is 94.9. The van der Waals surface area contributed by atoms with Crippen molar-refractivity contribution in [2.45, 2.75) is 277 Å². The first-order valence-corrected chi connectivity index (χ1v) is 42.8. The van der Waals surface area contributed by atoms with Crippen LogP contribution in [0.4, 0.5) is 9.59 Å². The molecule has 3 saturated heterocycles. The summed E-state index contributed by atoms with van der Waals surface area (Å²) < 4.78 is 15.8. The Morgan fingerprint density at radius 1 is 0.417 bits per heavy atom. The predicted molar refractivity (Wildman–Crippen MR) is 476 cm³/mol. The molecule has 4 amide bonds. The van der Waals surface area contributed by atoms with E-state index >= 15 is 0 Å². The molecule has 3 heterocycles. The van der Waals surface area contributed by atoms with Crippen LogP contribution < -0.4 is 0 Å². The van der Waals surface area contributed by atoms with E-state index in [1.165, 1.54) is 132 Å². The topological polar surface area (TPSA) is 157 Å². The van der Waals surface area contributed by atoms with Crippen molar-refractivity contribution in [2.75, 3.05) is 19.8 Å². The van der Waals surface area contributed by atoms with Crippen LogP contribution in [0.2, 0.25) is 0 Å². The molecule has 620 valence electrons. The Hall–Kier alpha value is -8.94. The first-order chi connectivity index (χ1) is 54.2. The molecular formula is C102H135BrN2O10. The molecule has 0 bridgehead atoms. The van der Waals surface area contributed by atoms with E-state index < -0.39 is 18.2 Å². The minimum Gasteiger partial charge on any atom is -0.481 e. The number of carboxylic acid groups (broad SMARTS) is 1. The summed E-state index contributed by atoms with van der Waals surface area (Å²) >= 11 is 3.42. The number of hydrogen-bond donors (Lipinski definition) is 1. The number of nitrogens with zero attached hydrogens (tertiary/aromatic N) is 2. The second-order valence-corrected chi connectivity index (χ2v) is 33.4. The zero-order valence-corrected chi connectivity index (χ0v) is 74.1. The van der Waals surface area contributed by atoms with E-state index in [-0.39, 0.29) is 66.9 Å². The fraction of sp³-hybridized carbons (Fsp3) is 0.471. The number of aryl methyl sites for hydroxylation is 16. The van der Waals surface area contributed by atoms with E-state index in [1.54, 1.807) is 0 Å². The molecule has 115 heavy (non-hydrogen) atoms. The van der Waals surface area contributed by atoms with Gasteiger partial charge in [0.1, 0.15) is 13.2 Å². The molecule has 9 atom stereocenters. The molecule has 0 radical (unpaired) electrons. The number of benzene rings is 8. The van der Waals surface area contributed by atoms with Gasteiger partial charge in [0.15, 0.2) is 0 Å². The molecule has 3 aliphatic heterocycles. The molecule has 3 fully saturated rings. The van der Waals surface area contributed by atoms with Crippen molar-refractivity contribution in [1.82, 2.24) is 9.80 Å². The standard InChI is InChI=1S/C28H37NO3.C23H30O2.C22H26O2.C19H27NO3.C9H11Br.CH4/c1-7-23(24-12-10-19(4)21(6)14-24)16-25(15-22-11-9-18(3)20(5)13-22)27(30)29-26(8-2)17-32-28(29)31;1-6-20(21-10-8-16(3)18(5)12-21)14-22(23(24)25)13-19-9-7-15(2)17(4)11-19;1-14-5-7-18(9-16(14)3)11-20-12-21(13-24-22(20)23)19-8-6-15(2)17(4)10-19;1-5-15(16-8-7-13(3)14(4)11-16)9-10-18(21)20-17(6-2)12-23-19(20)22;1-7-3-4-9(6-10)5-8(7)2;/h9-14,23,25-26H,7-8,15-17H2,1-6H3;7-12,20,22H,6,13-14H2,1-5H3,(H,24,25);5-10,20-21H,11-13H2,1-4H3;7-8,11,15,17H,5-6,9-10,12H2,1-4H3;3-5H,6H2,1-2H3;1H4/t23-,25-,26-;20-,22-;20-,21+;15-,17-;;/m0000../s1. The van der Waals surface area contributed by atoms with E-state index in [0.29, 0.717) is 70.2 Å². The summed E-state index contributed by atoms with van der Waals surface area (Å²) in [6, 6.07) is 51.6. The van der Waals surface area contributed by atoms with E-state index in [1.807, 2.05) is 13.8 Å². The number of alkyl halides is 1. The highest BCUT2D eigenvalue weighted by atomic mass is 79.9. The van der Waals surface area contributed by atoms with Gasteiger partial charge in [-0.25, -0.2) is 19.4 Å². The number of halogens is 1. The number of rotatable bonds is 25. The van der Waals surface area contributed by atoms with Crippen molar-refractivity contribution in [3.63, 3.8) is 0 Å². The van der Waals surface area contributed by atoms with Crippen LogP contribution in [0, 0.1) is 129 Å². The monoisotopic (exact) mass is 1630 g/mol. The van der Waals surface area contributed by atoms with Crippen molar-refractivity contribution >= 4 is 51.9 Å².